The third-order valence-corrected chi connectivity index (χ3v) is 3.13. The molecule has 0 spiro atoms. The van der Waals surface area contributed by atoms with E-state index in [1.165, 1.54) is 11.3 Å². The summed E-state index contributed by atoms with van der Waals surface area (Å²) in [5, 5.41) is 17.5. The first kappa shape index (κ1) is 16.6. The first-order valence-electron chi connectivity index (χ1n) is 6.49. The zero-order valence-electron chi connectivity index (χ0n) is 11.3. The Kier molecular flexibility index (Phi) is 8.61. The van der Waals surface area contributed by atoms with Crippen molar-refractivity contribution in [3.05, 3.63) is 22.4 Å². The van der Waals surface area contributed by atoms with Crippen LogP contribution in [0.15, 0.2) is 16.8 Å². The van der Waals surface area contributed by atoms with Gasteiger partial charge in [0.05, 0.1) is 13.2 Å². The highest BCUT2D eigenvalue weighted by atomic mass is 32.1. The first-order chi connectivity index (χ1) is 9.74. The molecule has 1 heterocycles. The van der Waals surface area contributed by atoms with E-state index in [9.17, 15) is 9.59 Å². The molecule has 0 bridgehead atoms. The standard InChI is InChI=1S/C13H20N2O4S/c16-6-8-19-7-1-4-14-12(17)2-5-15-13(18)11-3-9-20-10-11/h3,9-10,16H,1-2,4-8H2,(H,14,17)(H,15,18). The Morgan fingerprint density at radius 2 is 2.10 bits per heavy atom. The molecule has 2 amide bonds. The molecule has 20 heavy (non-hydrogen) atoms. The van der Waals surface area contributed by atoms with Gasteiger partial charge in [0.25, 0.3) is 5.91 Å². The second-order valence-corrected chi connectivity index (χ2v) is 4.84. The van der Waals surface area contributed by atoms with Crippen LogP contribution in [0.5, 0.6) is 0 Å². The van der Waals surface area contributed by atoms with E-state index in [4.69, 9.17) is 9.84 Å². The second kappa shape index (κ2) is 10.4. The van der Waals surface area contributed by atoms with Gasteiger partial charge in [0.1, 0.15) is 0 Å². The van der Waals surface area contributed by atoms with Crippen molar-refractivity contribution in [1.29, 1.82) is 0 Å². The molecular formula is C13H20N2O4S. The van der Waals surface area contributed by atoms with E-state index in [1.807, 2.05) is 5.38 Å². The van der Waals surface area contributed by atoms with Gasteiger partial charge in [-0.3, -0.25) is 9.59 Å². The maximum absolute atomic E-state index is 11.6. The highest BCUT2D eigenvalue weighted by Crippen LogP contribution is 2.04. The molecule has 0 aliphatic heterocycles. The van der Waals surface area contributed by atoms with Gasteiger partial charge in [0.2, 0.25) is 5.91 Å². The molecule has 6 nitrogen and oxygen atoms in total. The fourth-order valence-corrected chi connectivity index (χ4v) is 2.08. The Balaban J connectivity index is 1.99. The summed E-state index contributed by atoms with van der Waals surface area (Å²) in [6.07, 6.45) is 0.959. The first-order valence-corrected chi connectivity index (χ1v) is 7.44. The number of ether oxygens (including phenoxy) is 1. The average Bonchev–Trinajstić information content (AvgIpc) is 2.96. The number of amides is 2. The second-order valence-electron chi connectivity index (χ2n) is 4.06. The minimum absolute atomic E-state index is 0.0101. The molecule has 0 unspecified atom stereocenters. The van der Waals surface area contributed by atoms with Crippen LogP contribution in [0.3, 0.4) is 0 Å². The van der Waals surface area contributed by atoms with Crippen LogP contribution in [0.25, 0.3) is 0 Å². The predicted octanol–water partition coefficient (Wildman–Crippen LogP) is 0.383. The van der Waals surface area contributed by atoms with Gasteiger partial charge in [-0.25, -0.2) is 0 Å². The van der Waals surface area contributed by atoms with E-state index >= 15 is 0 Å². The molecule has 1 rings (SSSR count). The quantitative estimate of drug-likeness (QED) is 0.545. The molecule has 0 saturated heterocycles. The van der Waals surface area contributed by atoms with Crippen LogP contribution < -0.4 is 10.6 Å². The number of thiophene rings is 1. The molecule has 0 aromatic carbocycles. The van der Waals surface area contributed by atoms with Crippen molar-refractivity contribution in [3.63, 3.8) is 0 Å². The van der Waals surface area contributed by atoms with Crippen LogP contribution in [0.2, 0.25) is 0 Å². The van der Waals surface area contributed by atoms with Crippen molar-refractivity contribution in [3.8, 4) is 0 Å². The molecule has 1 aromatic heterocycles. The van der Waals surface area contributed by atoms with Gasteiger partial charge in [-0.1, -0.05) is 0 Å². The van der Waals surface area contributed by atoms with Crippen LogP contribution in [-0.2, 0) is 9.53 Å². The normalized spacial score (nSPS) is 10.2. The van der Waals surface area contributed by atoms with Crippen molar-refractivity contribution in [2.45, 2.75) is 12.8 Å². The van der Waals surface area contributed by atoms with Crippen molar-refractivity contribution >= 4 is 23.2 Å². The van der Waals surface area contributed by atoms with Crippen molar-refractivity contribution < 1.29 is 19.4 Å². The number of carbonyl (C=O) groups excluding carboxylic acids is 2. The van der Waals surface area contributed by atoms with E-state index in [-0.39, 0.29) is 24.8 Å². The maximum atomic E-state index is 11.6. The summed E-state index contributed by atoms with van der Waals surface area (Å²) in [6.45, 7) is 1.69. The molecule has 0 aliphatic rings. The summed E-state index contributed by atoms with van der Waals surface area (Å²) in [7, 11) is 0. The Morgan fingerprint density at radius 3 is 2.80 bits per heavy atom. The predicted molar refractivity (Wildman–Crippen MR) is 76.8 cm³/mol. The third kappa shape index (κ3) is 7.22. The lowest BCUT2D eigenvalue weighted by molar-refractivity contribution is -0.121. The highest BCUT2D eigenvalue weighted by Gasteiger charge is 2.06. The maximum Gasteiger partial charge on any atom is 0.252 e. The Labute approximate surface area is 122 Å². The lowest BCUT2D eigenvalue weighted by atomic mass is 10.3. The molecule has 1 aromatic rings. The number of carbonyl (C=O) groups is 2. The minimum Gasteiger partial charge on any atom is -0.394 e. The zero-order chi connectivity index (χ0) is 14.6. The molecule has 0 saturated carbocycles. The number of nitrogens with one attached hydrogen (secondary N) is 2. The van der Waals surface area contributed by atoms with Gasteiger partial charge >= 0.3 is 0 Å². The van der Waals surface area contributed by atoms with Gasteiger partial charge < -0.3 is 20.5 Å². The van der Waals surface area contributed by atoms with Crippen LogP contribution in [0, 0.1) is 0 Å². The number of rotatable bonds is 10. The summed E-state index contributed by atoms with van der Waals surface area (Å²) in [4.78, 5) is 23.0. The fraction of sp³-hybridized carbons (Fsp3) is 0.538. The number of aliphatic hydroxyl groups is 1. The van der Waals surface area contributed by atoms with E-state index in [0.29, 0.717) is 38.3 Å². The lowest BCUT2D eigenvalue weighted by Gasteiger charge is -2.06. The largest absolute Gasteiger partial charge is 0.394 e. The Hall–Kier alpha value is -1.44. The van der Waals surface area contributed by atoms with Gasteiger partial charge in [-0.2, -0.15) is 11.3 Å². The Bertz CT molecular complexity index is 395. The van der Waals surface area contributed by atoms with Crippen LogP contribution >= 0.6 is 11.3 Å². The number of hydrogen-bond donors (Lipinski definition) is 3. The van der Waals surface area contributed by atoms with Gasteiger partial charge in [-0.05, 0) is 17.9 Å². The smallest absolute Gasteiger partial charge is 0.252 e. The highest BCUT2D eigenvalue weighted by molar-refractivity contribution is 7.08. The lowest BCUT2D eigenvalue weighted by Crippen LogP contribution is -2.31. The van der Waals surface area contributed by atoms with Crippen molar-refractivity contribution in [1.82, 2.24) is 10.6 Å². The molecule has 0 fully saturated rings. The molecule has 7 heteroatoms. The monoisotopic (exact) mass is 300 g/mol. The summed E-state index contributed by atoms with van der Waals surface area (Å²) in [5.41, 5.74) is 0.622. The summed E-state index contributed by atoms with van der Waals surface area (Å²) in [5.74, 6) is -0.255. The number of hydrogen-bond acceptors (Lipinski definition) is 5. The molecule has 0 atom stereocenters. The number of aliphatic hydroxyl groups excluding tert-OH is 1. The molecule has 0 radical (unpaired) electrons. The molecular weight excluding hydrogens is 280 g/mol. The van der Waals surface area contributed by atoms with E-state index < -0.39 is 0 Å². The van der Waals surface area contributed by atoms with Crippen LogP contribution in [0.4, 0.5) is 0 Å². The summed E-state index contributed by atoms with van der Waals surface area (Å²) < 4.78 is 5.06. The Morgan fingerprint density at radius 1 is 1.25 bits per heavy atom. The fourth-order valence-electron chi connectivity index (χ4n) is 1.44. The minimum atomic E-state index is -0.156. The van der Waals surface area contributed by atoms with E-state index in [0.717, 1.165) is 0 Å². The van der Waals surface area contributed by atoms with Crippen molar-refractivity contribution in [2.24, 2.45) is 0 Å². The van der Waals surface area contributed by atoms with Gasteiger partial charge in [0, 0.05) is 37.1 Å². The SMILES string of the molecule is O=C(CCNC(=O)c1ccsc1)NCCCOCCO. The van der Waals surface area contributed by atoms with Gasteiger partial charge in [-0.15, -0.1) is 0 Å². The topological polar surface area (TPSA) is 87.7 Å². The van der Waals surface area contributed by atoms with E-state index in [1.54, 1.807) is 11.4 Å². The van der Waals surface area contributed by atoms with Gasteiger partial charge in [0.15, 0.2) is 0 Å². The average molecular weight is 300 g/mol. The summed E-state index contributed by atoms with van der Waals surface area (Å²) in [6, 6.07) is 1.74. The molecule has 3 N–H and O–H groups in total. The summed E-state index contributed by atoms with van der Waals surface area (Å²) >= 11 is 1.46. The zero-order valence-corrected chi connectivity index (χ0v) is 12.1. The third-order valence-electron chi connectivity index (χ3n) is 2.44. The van der Waals surface area contributed by atoms with E-state index in [2.05, 4.69) is 10.6 Å². The van der Waals surface area contributed by atoms with Crippen LogP contribution in [0.1, 0.15) is 23.2 Å². The molecule has 112 valence electrons. The van der Waals surface area contributed by atoms with Crippen molar-refractivity contribution in [2.75, 3.05) is 32.9 Å². The van der Waals surface area contributed by atoms with Crippen LogP contribution in [-0.4, -0.2) is 49.8 Å². The molecule has 0 aliphatic carbocycles.